The van der Waals surface area contributed by atoms with Crippen molar-refractivity contribution < 1.29 is 9.84 Å². The van der Waals surface area contributed by atoms with E-state index in [1.54, 1.807) is 12.1 Å². The van der Waals surface area contributed by atoms with Crippen LogP contribution in [0.15, 0.2) is 30.3 Å². The van der Waals surface area contributed by atoms with E-state index in [9.17, 15) is 5.11 Å². The molecule has 2 N–H and O–H groups in total. The fraction of sp³-hybridized carbons (Fsp3) is 0.143. The molecule has 0 aromatic heterocycles. The van der Waals surface area contributed by atoms with Crippen molar-refractivity contribution >= 4 is 51.5 Å². The van der Waals surface area contributed by atoms with Gasteiger partial charge in [-0.1, -0.05) is 23.2 Å². The molecule has 0 aliphatic heterocycles. The van der Waals surface area contributed by atoms with E-state index in [0.717, 1.165) is 9.26 Å². The minimum Gasteiger partial charge on any atom is -0.504 e. The van der Waals surface area contributed by atoms with Crippen molar-refractivity contribution in [2.45, 2.75) is 6.54 Å². The molecule has 20 heavy (non-hydrogen) atoms. The highest BCUT2D eigenvalue weighted by Crippen LogP contribution is 2.34. The number of hydrogen-bond donors (Lipinski definition) is 2. The zero-order valence-electron chi connectivity index (χ0n) is 10.6. The molecule has 0 aliphatic carbocycles. The first-order valence-electron chi connectivity index (χ1n) is 5.75. The Bertz CT molecular complexity index is 635. The Labute approximate surface area is 141 Å². The van der Waals surface area contributed by atoms with E-state index in [2.05, 4.69) is 27.9 Å². The van der Waals surface area contributed by atoms with Gasteiger partial charge in [-0.25, -0.2) is 0 Å². The summed E-state index contributed by atoms with van der Waals surface area (Å²) in [6, 6.07) is 8.96. The van der Waals surface area contributed by atoms with Gasteiger partial charge in [0.05, 0.1) is 17.8 Å². The Balaban J connectivity index is 2.20. The van der Waals surface area contributed by atoms with Gasteiger partial charge in [0.1, 0.15) is 0 Å². The van der Waals surface area contributed by atoms with Crippen molar-refractivity contribution in [2.75, 3.05) is 12.4 Å². The standard InChI is InChI=1S/C14H12Cl2INO2/c1-20-13-5-9(15)4-8(14(13)19)7-18-12-3-2-10(17)6-11(12)16/h2-6,18-19H,7H2,1H3. The second-order valence-electron chi connectivity index (χ2n) is 4.09. The second-order valence-corrected chi connectivity index (χ2v) is 6.18. The molecule has 2 aromatic carbocycles. The first kappa shape index (κ1) is 15.5. The SMILES string of the molecule is COc1cc(Cl)cc(CNc2ccc(I)cc2Cl)c1O. The maximum Gasteiger partial charge on any atom is 0.162 e. The van der Waals surface area contributed by atoms with Crippen LogP contribution in [-0.4, -0.2) is 12.2 Å². The van der Waals surface area contributed by atoms with E-state index in [0.29, 0.717) is 27.9 Å². The van der Waals surface area contributed by atoms with Crippen LogP contribution in [0.3, 0.4) is 0 Å². The van der Waals surface area contributed by atoms with Gasteiger partial charge in [-0.3, -0.25) is 0 Å². The fourth-order valence-corrected chi connectivity index (χ4v) is 2.90. The van der Waals surface area contributed by atoms with E-state index in [4.69, 9.17) is 27.9 Å². The van der Waals surface area contributed by atoms with Gasteiger partial charge in [0, 0.05) is 26.8 Å². The monoisotopic (exact) mass is 423 g/mol. The number of nitrogens with one attached hydrogen (secondary N) is 1. The Morgan fingerprint density at radius 2 is 2.00 bits per heavy atom. The van der Waals surface area contributed by atoms with E-state index in [1.165, 1.54) is 7.11 Å². The molecule has 2 aromatic rings. The molecule has 106 valence electrons. The van der Waals surface area contributed by atoms with Crippen molar-refractivity contribution in [3.05, 3.63) is 49.5 Å². The highest BCUT2D eigenvalue weighted by Gasteiger charge is 2.10. The number of anilines is 1. The van der Waals surface area contributed by atoms with Crippen molar-refractivity contribution in [3.8, 4) is 11.5 Å². The van der Waals surface area contributed by atoms with Crippen LogP contribution in [-0.2, 0) is 6.54 Å². The van der Waals surface area contributed by atoms with Gasteiger partial charge in [0.2, 0.25) is 0 Å². The number of ether oxygens (including phenoxy) is 1. The maximum atomic E-state index is 10.0. The Hall–Kier alpha value is -0.850. The lowest BCUT2D eigenvalue weighted by molar-refractivity contribution is 0.371. The van der Waals surface area contributed by atoms with Crippen LogP contribution in [0.4, 0.5) is 5.69 Å². The molecule has 0 fully saturated rings. The molecule has 0 saturated carbocycles. The van der Waals surface area contributed by atoms with E-state index >= 15 is 0 Å². The third kappa shape index (κ3) is 3.62. The van der Waals surface area contributed by atoms with Crippen LogP contribution in [0.2, 0.25) is 10.0 Å². The lowest BCUT2D eigenvalue weighted by atomic mass is 10.1. The molecule has 0 aliphatic rings. The summed E-state index contributed by atoms with van der Waals surface area (Å²) in [6.07, 6.45) is 0. The van der Waals surface area contributed by atoms with E-state index in [-0.39, 0.29) is 5.75 Å². The van der Waals surface area contributed by atoms with Gasteiger partial charge in [0.25, 0.3) is 0 Å². The minimum absolute atomic E-state index is 0.0750. The maximum absolute atomic E-state index is 10.0. The molecular formula is C14H12Cl2INO2. The quantitative estimate of drug-likeness (QED) is 0.685. The highest BCUT2D eigenvalue weighted by atomic mass is 127. The minimum atomic E-state index is 0.0750. The molecule has 0 radical (unpaired) electrons. The van der Waals surface area contributed by atoms with Gasteiger partial charge < -0.3 is 15.2 Å². The van der Waals surface area contributed by atoms with Gasteiger partial charge in [-0.2, -0.15) is 0 Å². The van der Waals surface area contributed by atoms with Gasteiger partial charge >= 0.3 is 0 Å². The lowest BCUT2D eigenvalue weighted by Gasteiger charge is -2.12. The number of phenolic OH excluding ortho intramolecular Hbond substituents is 1. The summed E-state index contributed by atoms with van der Waals surface area (Å²) < 4.78 is 6.13. The topological polar surface area (TPSA) is 41.5 Å². The smallest absolute Gasteiger partial charge is 0.162 e. The summed E-state index contributed by atoms with van der Waals surface area (Å²) in [5.74, 6) is 0.425. The molecule has 0 heterocycles. The van der Waals surface area contributed by atoms with Crippen LogP contribution in [0.5, 0.6) is 11.5 Å². The summed E-state index contributed by atoms with van der Waals surface area (Å²) in [5.41, 5.74) is 1.44. The second kappa shape index (κ2) is 6.74. The number of benzene rings is 2. The molecule has 0 bridgehead atoms. The molecule has 6 heteroatoms. The average molecular weight is 424 g/mol. The fourth-order valence-electron chi connectivity index (χ4n) is 1.74. The van der Waals surface area contributed by atoms with E-state index < -0.39 is 0 Å². The molecule has 0 spiro atoms. The summed E-state index contributed by atoms with van der Waals surface area (Å²) >= 11 is 14.3. The number of rotatable bonds is 4. The van der Waals surface area contributed by atoms with Crippen molar-refractivity contribution in [2.24, 2.45) is 0 Å². The third-order valence-electron chi connectivity index (χ3n) is 2.74. The van der Waals surface area contributed by atoms with Crippen molar-refractivity contribution in [1.82, 2.24) is 0 Å². The summed E-state index contributed by atoms with van der Waals surface area (Å²) in [5, 5.41) is 14.3. The van der Waals surface area contributed by atoms with Crippen LogP contribution in [0.25, 0.3) is 0 Å². The molecule has 3 nitrogen and oxygen atoms in total. The summed E-state index contributed by atoms with van der Waals surface area (Å²) in [4.78, 5) is 0. The molecule has 0 atom stereocenters. The predicted octanol–water partition coefficient (Wildman–Crippen LogP) is 4.92. The Morgan fingerprint density at radius 3 is 2.65 bits per heavy atom. The van der Waals surface area contributed by atoms with Crippen LogP contribution < -0.4 is 10.1 Å². The first-order chi connectivity index (χ1) is 9.51. The third-order valence-corrected chi connectivity index (χ3v) is 3.94. The van der Waals surface area contributed by atoms with Gasteiger partial charge in [-0.05, 0) is 46.9 Å². The molecule has 0 saturated heterocycles. The van der Waals surface area contributed by atoms with E-state index in [1.807, 2.05) is 18.2 Å². The molecule has 0 amide bonds. The first-order valence-corrected chi connectivity index (χ1v) is 7.59. The summed E-state index contributed by atoms with van der Waals surface area (Å²) in [6.45, 7) is 0.392. The van der Waals surface area contributed by atoms with Crippen molar-refractivity contribution in [3.63, 3.8) is 0 Å². The largest absolute Gasteiger partial charge is 0.504 e. The zero-order valence-corrected chi connectivity index (χ0v) is 14.3. The van der Waals surface area contributed by atoms with Crippen LogP contribution >= 0.6 is 45.8 Å². The number of halogens is 3. The molecule has 0 unspecified atom stereocenters. The van der Waals surface area contributed by atoms with Gasteiger partial charge in [-0.15, -0.1) is 0 Å². The predicted molar refractivity (Wildman–Crippen MR) is 91.2 cm³/mol. The number of aromatic hydroxyl groups is 1. The normalized spacial score (nSPS) is 10.4. The zero-order chi connectivity index (χ0) is 14.7. The molecular weight excluding hydrogens is 412 g/mol. The highest BCUT2D eigenvalue weighted by molar-refractivity contribution is 14.1. The lowest BCUT2D eigenvalue weighted by Crippen LogP contribution is -2.01. The summed E-state index contributed by atoms with van der Waals surface area (Å²) in [7, 11) is 1.48. The number of hydrogen-bond acceptors (Lipinski definition) is 3. The Kier molecular flexibility index (Phi) is 5.23. The average Bonchev–Trinajstić information content (AvgIpc) is 2.41. The van der Waals surface area contributed by atoms with Gasteiger partial charge in [0.15, 0.2) is 11.5 Å². The van der Waals surface area contributed by atoms with Crippen LogP contribution in [0, 0.1) is 3.57 Å². The Morgan fingerprint density at radius 1 is 1.25 bits per heavy atom. The number of phenols is 1. The molecule has 2 rings (SSSR count). The van der Waals surface area contributed by atoms with Crippen molar-refractivity contribution in [1.29, 1.82) is 0 Å². The van der Waals surface area contributed by atoms with Crippen LogP contribution in [0.1, 0.15) is 5.56 Å². The number of methoxy groups -OCH3 is 1.